The number of ether oxygens (including phenoxy) is 1. The first-order chi connectivity index (χ1) is 8.95. The average Bonchev–Trinajstić information content (AvgIpc) is 2.71. The van der Waals surface area contributed by atoms with Gasteiger partial charge in [-0.1, -0.05) is 6.92 Å². The van der Waals surface area contributed by atoms with Crippen LogP contribution in [0.5, 0.6) is 0 Å². The van der Waals surface area contributed by atoms with Gasteiger partial charge in [-0.05, 0) is 30.5 Å². The summed E-state index contributed by atoms with van der Waals surface area (Å²) in [5, 5.41) is 9.49. The van der Waals surface area contributed by atoms with Gasteiger partial charge in [0.15, 0.2) is 5.78 Å². The third kappa shape index (κ3) is 1.70. The van der Waals surface area contributed by atoms with Gasteiger partial charge in [-0.3, -0.25) is 4.79 Å². The molecule has 0 amide bonds. The molecule has 4 heteroatoms. The fraction of sp³-hybridized carbons (Fsp3) is 0.467. The number of esters is 1. The highest BCUT2D eigenvalue weighted by Gasteiger charge is 2.39. The lowest BCUT2D eigenvalue weighted by Crippen LogP contribution is -2.34. The third-order valence-corrected chi connectivity index (χ3v) is 4.18. The largest absolute Gasteiger partial charge is 0.457 e. The van der Waals surface area contributed by atoms with E-state index in [1.54, 1.807) is 6.07 Å². The third-order valence-electron chi connectivity index (χ3n) is 4.18. The van der Waals surface area contributed by atoms with Crippen LogP contribution in [0.2, 0.25) is 0 Å². The van der Waals surface area contributed by atoms with Crippen molar-refractivity contribution in [2.75, 3.05) is 6.61 Å². The highest BCUT2D eigenvalue weighted by Crippen LogP contribution is 2.40. The van der Waals surface area contributed by atoms with Crippen molar-refractivity contribution in [2.24, 2.45) is 5.41 Å². The second-order valence-electron chi connectivity index (χ2n) is 5.89. The fourth-order valence-electron chi connectivity index (χ4n) is 3.09. The second-order valence-corrected chi connectivity index (χ2v) is 5.89. The normalized spacial score (nSPS) is 25.0. The summed E-state index contributed by atoms with van der Waals surface area (Å²) in [4.78, 5) is 24.0. The van der Waals surface area contributed by atoms with Crippen molar-refractivity contribution in [2.45, 2.75) is 33.3 Å². The van der Waals surface area contributed by atoms with Gasteiger partial charge < -0.3 is 9.84 Å². The zero-order chi connectivity index (χ0) is 13.8. The lowest BCUT2D eigenvalue weighted by atomic mass is 9.70. The van der Waals surface area contributed by atoms with Crippen LogP contribution in [0.25, 0.3) is 0 Å². The van der Waals surface area contributed by atoms with Crippen molar-refractivity contribution in [1.82, 2.24) is 0 Å². The molecule has 1 aromatic rings. The van der Waals surface area contributed by atoms with Crippen molar-refractivity contribution < 1.29 is 19.4 Å². The maximum atomic E-state index is 12.4. The van der Waals surface area contributed by atoms with Crippen LogP contribution in [0.15, 0.2) is 6.07 Å². The van der Waals surface area contributed by atoms with Crippen molar-refractivity contribution >= 4 is 11.8 Å². The molecule has 3 rings (SSSR count). The molecule has 1 atom stereocenters. The van der Waals surface area contributed by atoms with E-state index < -0.39 is 5.41 Å². The molecule has 1 aliphatic carbocycles. The summed E-state index contributed by atoms with van der Waals surface area (Å²) >= 11 is 0. The van der Waals surface area contributed by atoms with E-state index in [1.807, 2.05) is 13.8 Å². The monoisotopic (exact) mass is 260 g/mol. The van der Waals surface area contributed by atoms with Gasteiger partial charge >= 0.3 is 5.97 Å². The van der Waals surface area contributed by atoms with Gasteiger partial charge in [0.05, 0.1) is 5.56 Å². The minimum atomic E-state index is -0.396. The van der Waals surface area contributed by atoms with Gasteiger partial charge in [0.25, 0.3) is 0 Å². The molecule has 0 unspecified atom stereocenters. The van der Waals surface area contributed by atoms with E-state index >= 15 is 0 Å². The summed E-state index contributed by atoms with van der Waals surface area (Å²) < 4.78 is 5.03. The molecule has 0 aromatic heterocycles. The molecule has 0 saturated carbocycles. The average molecular weight is 260 g/mol. The Morgan fingerprint density at radius 1 is 1.32 bits per heavy atom. The van der Waals surface area contributed by atoms with Crippen LogP contribution in [0, 0.1) is 12.3 Å². The number of carbonyl (C=O) groups is 2. The number of aliphatic hydroxyl groups is 1. The minimum absolute atomic E-state index is 0.00979. The van der Waals surface area contributed by atoms with Crippen LogP contribution in [0.1, 0.15) is 50.8 Å². The van der Waals surface area contributed by atoms with Crippen molar-refractivity contribution in [3.05, 3.63) is 33.9 Å². The van der Waals surface area contributed by atoms with Gasteiger partial charge in [0, 0.05) is 29.6 Å². The van der Waals surface area contributed by atoms with Crippen LogP contribution in [0.3, 0.4) is 0 Å². The Kier molecular flexibility index (Phi) is 2.54. The molecule has 1 aliphatic heterocycles. The highest BCUT2D eigenvalue weighted by molar-refractivity contribution is 6.05. The number of fused-ring (bicyclic) bond motifs is 3. The molecule has 1 N–H and O–H groups in total. The van der Waals surface area contributed by atoms with E-state index in [1.165, 1.54) is 0 Å². The minimum Gasteiger partial charge on any atom is -0.457 e. The number of Topliss-reactive ketones (excluding diaryl/α,β-unsaturated/α-hetero) is 1. The van der Waals surface area contributed by atoms with Gasteiger partial charge in [-0.25, -0.2) is 4.79 Å². The molecule has 4 nitrogen and oxygen atoms in total. The molecule has 0 radical (unpaired) electrons. The smallest absolute Gasteiger partial charge is 0.338 e. The Morgan fingerprint density at radius 3 is 2.74 bits per heavy atom. The summed E-state index contributed by atoms with van der Waals surface area (Å²) in [5.74, 6) is -0.333. The summed E-state index contributed by atoms with van der Waals surface area (Å²) in [6, 6.07) is 1.81. The zero-order valence-corrected chi connectivity index (χ0v) is 11.1. The number of cyclic esters (lactones) is 1. The van der Waals surface area contributed by atoms with Crippen molar-refractivity contribution in [3.8, 4) is 0 Å². The van der Waals surface area contributed by atoms with Gasteiger partial charge in [0.1, 0.15) is 6.61 Å². The Labute approximate surface area is 111 Å². The first-order valence-corrected chi connectivity index (χ1v) is 6.42. The Bertz CT molecular complexity index is 603. The van der Waals surface area contributed by atoms with E-state index in [-0.39, 0.29) is 25.0 Å². The molecule has 19 heavy (non-hydrogen) atoms. The number of carbonyl (C=O) groups excluding carboxylic acids is 2. The molecule has 0 fully saturated rings. The van der Waals surface area contributed by atoms with E-state index in [4.69, 9.17) is 4.74 Å². The summed E-state index contributed by atoms with van der Waals surface area (Å²) in [6.07, 6.45) is 0.985. The summed E-state index contributed by atoms with van der Waals surface area (Å²) in [5.41, 5.74) is 3.41. The zero-order valence-electron chi connectivity index (χ0n) is 11.1. The van der Waals surface area contributed by atoms with Crippen LogP contribution in [-0.2, 0) is 17.8 Å². The molecular formula is C15H16O4. The lowest BCUT2D eigenvalue weighted by molar-refractivity contribution is 0.0532. The molecule has 2 aliphatic rings. The predicted octanol–water partition coefficient (Wildman–Crippen LogP) is 1.79. The summed E-state index contributed by atoms with van der Waals surface area (Å²) in [6.45, 7) is 4.01. The van der Waals surface area contributed by atoms with Crippen LogP contribution >= 0.6 is 0 Å². The maximum absolute atomic E-state index is 12.4. The number of aliphatic hydroxyl groups excluding tert-OH is 1. The van der Waals surface area contributed by atoms with E-state index in [0.29, 0.717) is 24.0 Å². The summed E-state index contributed by atoms with van der Waals surface area (Å²) in [7, 11) is 0. The SMILES string of the molecule is Cc1cc2c(c3c1C[C@](C)(CO)CC3=O)COC2=O. The molecule has 1 heterocycles. The van der Waals surface area contributed by atoms with Crippen LogP contribution in [-0.4, -0.2) is 23.5 Å². The quantitative estimate of drug-likeness (QED) is 0.782. The molecule has 100 valence electrons. The number of ketones is 1. The highest BCUT2D eigenvalue weighted by atomic mass is 16.5. The van der Waals surface area contributed by atoms with Crippen LogP contribution in [0.4, 0.5) is 0 Å². The maximum Gasteiger partial charge on any atom is 0.338 e. The number of hydrogen-bond donors (Lipinski definition) is 1. The Hall–Kier alpha value is -1.68. The molecule has 0 saturated heterocycles. The first-order valence-electron chi connectivity index (χ1n) is 6.42. The Morgan fingerprint density at radius 2 is 2.05 bits per heavy atom. The van der Waals surface area contributed by atoms with E-state index in [2.05, 4.69) is 0 Å². The van der Waals surface area contributed by atoms with Gasteiger partial charge in [0.2, 0.25) is 0 Å². The van der Waals surface area contributed by atoms with E-state index in [9.17, 15) is 14.7 Å². The molecule has 0 bridgehead atoms. The first kappa shape index (κ1) is 12.4. The molecule has 1 aromatic carbocycles. The number of rotatable bonds is 1. The van der Waals surface area contributed by atoms with E-state index in [0.717, 1.165) is 16.7 Å². The van der Waals surface area contributed by atoms with Crippen molar-refractivity contribution in [3.63, 3.8) is 0 Å². The number of hydrogen-bond acceptors (Lipinski definition) is 4. The second kappa shape index (κ2) is 3.90. The topological polar surface area (TPSA) is 63.6 Å². The molecule has 0 spiro atoms. The lowest BCUT2D eigenvalue weighted by Gasteiger charge is -2.33. The van der Waals surface area contributed by atoms with Crippen molar-refractivity contribution in [1.29, 1.82) is 0 Å². The van der Waals surface area contributed by atoms with Gasteiger partial charge in [-0.2, -0.15) is 0 Å². The molecular weight excluding hydrogens is 244 g/mol. The Balaban J connectivity index is 2.22. The van der Waals surface area contributed by atoms with Gasteiger partial charge in [-0.15, -0.1) is 0 Å². The standard InChI is InChI=1S/C15H16O4/c1-8-3-9-11(6-19-14(9)18)13-10(8)4-15(2,7-16)5-12(13)17/h3,16H,4-7H2,1-2H3/t15-/m0/s1. The fourth-order valence-corrected chi connectivity index (χ4v) is 3.09. The number of benzene rings is 1. The predicted molar refractivity (Wildman–Crippen MR) is 68.1 cm³/mol. The number of aryl methyl sites for hydroxylation is 1. The van der Waals surface area contributed by atoms with Crippen LogP contribution < -0.4 is 0 Å².